The second-order valence-electron chi connectivity index (χ2n) is 8.77. The molecule has 0 saturated carbocycles. The van der Waals surface area contributed by atoms with E-state index in [1.165, 1.54) is 0 Å². The van der Waals surface area contributed by atoms with Crippen LogP contribution in [0.15, 0.2) is 42.5 Å². The summed E-state index contributed by atoms with van der Waals surface area (Å²) in [5.41, 5.74) is 2.23. The van der Waals surface area contributed by atoms with E-state index >= 15 is 0 Å². The number of piperidine rings is 1. The van der Waals surface area contributed by atoms with E-state index in [-0.39, 0.29) is 11.7 Å². The van der Waals surface area contributed by atoms with Crippen molar-refractivity contribution in [2.45, 2.75) is 26.3 Å². The van der Waals surface area contributed by atoms with Gasteiger partial charge in [-0.05, 0) is 62.7 Å². The minimum atomic E-state index is 0.109. The average Bonchev–Trinajstić information content (AvgIpc) is 2.86. The number of rotatable bonds is 7. The van der Waals surface area contributed by atoms with Crippen LogP contribution < -0.4 is 14.4 Å². The summed E-state index contributed by atoms with van der Waals surface area (Å²) in [5.74, 6) is 1.99. The zero-order valence-electron chi connectivity index (χ0n) is 19.7. The number of benzene rings is 2. The maximum Gasteiger partial charge on any atom is 0.225 e. The molecule has 7 nitrogen and oxygen atoms in total. The van der Waals surface area contributed by atoms with Crippen molar-refractivity contribution in [2.24, 2.45) is 5.92 Å². The number of carbonyl (C=O) groups excluding carboxylic acids is 1. The molecule has 2 aromatic rings. The third kappa shape index (κ3) is 5.53. The van der Waals surface area contributed by atoms with Crippen LogP contribution in [0.3, 0.4) is 0 Å². The number of hydrogen-bond donors (Lipinski definition) is 1. The van der Waals surface area contributed by atoms with Crippen molar-refractivity contribution in [1.82, 2.24) is 9.80 Å². The van der Waals surface area contributed by atoms with Gasteiger partial charge < -0.3 is 24.4 Å². The van der Waals surface area contributed by atoms with Crippen molar-refractivity contribution in [1.29, 1.82) is 0 Å². The van der Waals surface area contributed by atoms with Crippen LogP contribution in [0.1, 0.15) is 25.3 Å². The molecule has 2 heterocycles. The Hall–Kier alpha value is -2.93. The van der Waals surface area contributed by atoms with Gasteiger partial charge in [0.05, 0.1) is 19.4 Å². The summed E-state index contributed by atoms with van der Waals surface area (Å²) in [6, 6.07) is 13.6. The molecule has 0 spiro atoms. The zero-order chi connectivity index (χ0) is 23.2. The van der Waals surface area contributed by atoms with E-state index in [1.807, 2.05) is 42.2 Å². The second-order valence-corrected chi connectivity index (χ2v) is 8.77. The standard InChI is InChI=1S/C26H35N3O4/c1-3-33-24-7-5-4-6-22(24)28-14-16-29(17-15-28)26(31)21-10-12-27(13-11-21)19-20-8-9-23(30)25(18-20)32-2/h4-9,18,21,30H,3,10-17,19H2,1-2H3. The number of piperazine rings is 1. The molecule has 2 saturated heterocycles. The normalized spacial score (nSPS) is 17.8. The fourth-order valence-corrected chi connectivity index (χ4v) is 4.84. The van der Waals surface area contributed by atoms with Crippen molar-refractivity contribution in [3.05, 3.63) is 48.0 Å². The zero-order valence-corrected chi connectivity index (χ0v) is 19.7. The Morgan fingerprint density at radius 3 is 2.42 bits per heavy atom. The Morgan fingerprint density at radius 2 is 1.73 bits per heavy atom. The molecule has 1 amide bonds. The first-order valence-electron chi connectivity index (χ1n) is 11.9. The van der Waals surface area contributed by atoms with Gasteiger partial charge in [-0.1, -0.05) is 18.2 Å². The first-order chi connectivity index (χ1) is 16.1. The van der Waals surface area contributed by atoms with E-state index < -0.39 is 0 Å². The summed E-state index contributed by atoms with van der Waals surface area (Å²) in [5, 5.41) is 9.79. The predicted molar refractivity (Wildman–Crippen MR) is 129 cm³/mol. The number of anilines is 1. The molecule has 4 rings (SSSR count). The molecule has 2 fully saturated rings. The van der Waals surface area contributed by atoms with E-state index in [0.717, 1.165) is 75.7 Å². The smallest absolute Gasteiger partial charge is 0.225 e. The highest BCUT2D eigenvalue weighted by Crippen LogP contribution is 2.30. The van der Waals surface area contributed by atoms with Gasteiger partial charge in [-0.25, -0.2) is 0 Å². The van der Waals surface area contributed by atoms with Crippen LogP contribution in [0.2, 0.25) is 0 Å². The van der Waals surface area contributed by atoms with Crippen LogP contribution in [-0.4, -0.2) is 73.8 Å². The molecule has 1 N–H and O–H groups in total. The number of aromatic hydroxyl groups is 1. The molecule has 0 unspecified atom stereocenters. The number of carbonyl (C=O) groups is 1. The van der Waals surface area contributed by atoms with Crippen LogP contribution in [0, 0.1) is 5.92 Å². The van der Waals surface area contributed by atoms with Crippen molar-refractivity contribution >= 4 is 11.6 Å². The molecule has 0 aliphatic carbocycles. The third-order valence-corrected chi connectivity index (χ3v) is 6.68. The van der Waals surface area contributed by atoms with E-state index in [9.17, 15) is 9.90 Å². The van der Waals surface area contributed by atoms with Gasteiger partial charge >= 0.3 is 0 Å². The molecule has 0 atom stereocenters. The number of methoxy groups -OCH3 is 1. The van der Waals surface area contributed by atoms with E-state index in [2.05, 4.69) is 15.9 Å². The lowest BCUT2D eigenvalue weighted by molar-refractivity contribution is -0.137. The fourth-order valence-electron chi connectivity index (χ4n) is 4.84. The largest absolute Gasteiger partial charge is 0.504 e. The molecular formula is C26H35N3O4. The summed E-state index contributed by atoms with van der Waals surface area (Å²) in [6.45, 7) is 8.43. The van der Waals surface area contributed by atoms with E-state index in [0.29, 0.717) is 18.3 Å². The molecule has 178 valence electrons. The summed E-state index contributed by atoms with van der Waals surface area (Å²) in [4.78, 5) is 19.9. The molecule has 2 aliphatic heterocycles. The lowest BCUT2D eigenvalue weighted by Crippen LogP contribution is -2.51. The maximum atomic E-state index is 13.2. The molecule has 2 aromatic carbocycles. The number of phenolic OH excluding ortho intramolecular Hbond substituents is 1. The minimum Gasteiger partial charge on any atom is -0.504 e. The SMILES string of the molecule is CCOc1ccccc1N1CCN(C(=O)C2CCN(Cc3ccc(O)c(OC)c3)CC2)CC1. The topological polar surface area (TPSA) is 65.5 Å². The van der Waals surface area contributed by atoms with Gasteiger partial charge in [0.15, 0.2) is 11.5 Å². The average molecular weight is 454 g/mol. The molecule has 0 aromatic heterocycles. The number of amides is 1. The van der Waals surface area contributed by atoms with Crippen LogP contribution in [0.5, 0.6) is 17.2 Å². The lowest BCUT2D eigenvalue weighted by atomic mass is 9.94. The number of likely N-dealkylation sites (tertiary alicyclic amines) is 1. The monoisotopic (exact) mass is 453 g/mol. The molecular weight excluding hydrogens is 418 g/mol. The highest BCUT2D eigenvalue weighted by molar-refractivity contribution is 5.79. The summed E-state index contributed by atoms with van der Waals surface area (Å²) >= 11 is 0. The number of para-hydroxylation sites is 2. The summed E-state index contributed by atoms with van der Waals surface area (Å²) in [7, 11) is 1.56. The van der Waals surface area contributed by atoms with Crippen molar-refractivity contribution in [3.63, 3.8) is 0 Å². The molecule has 0 bridgehead atoms. The van der Waals surface area contributed by atoms with Gasteiger partial charge in [0.1, 0.15) is 5.75 Å². The molecule has 7 heteroatoms. The van der Waals surface area contributed by atoms with Gasteiger partial charge in [-0.2, -0.15) is 0 Å². The third-order valence-electron chi connectivity index (χ3n) is 6.68. The number of phenols is 1. The van der Waals surface area contributed by atoms with E-state index in [1.54, 1.807) is 13.2 Å². The van der Waals surface area contributed by atoms with Crippen molar-refractivity contribution in [2.75, 3.05) is 57.9 Å². The maximum absolute atomic E-state index is 13.2. The Morgan fingerprint density at radius 1 is 1.00 bits per heavy atom. The van der Waals surface area contributed by atoms with Gasteiger partial charge in [0.25, 0.3) is 0 Å². The quantitative estimate of drug-likeness (QED) is 0.694. The first kappa shape index (κ1) is 23.2. The predicted octanol–water partition coefficient (Wildman–Crippen LogP) is 3.36. The highest BCUT2D eigenvalue weighted by Gasteiger charge is 2.31. The first-order valence-corrected chi connectivity index (χ1v) is 11.9. The van der Waals surface area contributed by atoms with Gasteiger partial charge in [0, 0.05) is 38.6 Å². The highest BCUT2D eigenvalue weighted by atomic mass is 16.5. The Kier molecular flexibility index (Phi) is 7.60. The van der Waals surface area contributed by atoms with Crippen LogP contribution in [-0.2, 0) is 11.3 Å². The number of ether oxygens (including phenoxy) is 2. The number of hydrogen-bond acceptors (Lipinski definition) is 6. The van der Waals surface area contributed by atoms with Crippen LogP contribution in [0.25, 0.3) is 0 Å². The van der Waals surface area contributed by atoms with Gasteiger partial charge in [0.2, 0.25) is 5.91 Å². The second kappa shape index (κ2) is 10.8. The minimum absolute atomic E-state index is 0.109. The number of nitrogens with zero attached hydrogens (tertiary/aromatic N) is 3. The Labute approximate surface area is 196 Å². The molecule has 2 aliphatic rings. The van der Waals surface area contributed by atoms with Gasteiger partial charge in [-0.15, -0.1) is 0 Å². The Bertz CT molecular complexity index is 935. The fraction of sp³-hybridized carbons (Fsp3) is 0.500. The summed E-state index contributed by atoms with van der Waals surface area (Å²) in [6.07, 6.45) is 1.78. The lowest BCUT2D eigenvalue weighted by Gasteiger charge is -2.39. The van der Waals surface area contributed by atoms with Crippen molar-refractivity contribution < 1.29 is 19.4 Å². The molecule has 33 heavy (non-hydrogen) atoms. The summed E-state index contributed by atoms with van der Waals surface area (Å²) < 4.78 is 11.0. The van der Waals surface area contributed by atoms with Crippen LogP contribution >= 0.6 is 0 Å². The molecule has 0 radical (unpaired) electrons. The van der Waals surface area contributed by atoms with Crippen LogP contribution in [0.4, 0.5) is 5.69 Å². The van der Waals surface area contributed by atoms with E-state index in [4.69, 9.17) is 9.47 Å². The van der Waals surface area contributed by atoms with Crippen molar-refractivity contribution in [3.8, 4) is 17.2 Å². The van der Waals surface area contributed by atoms with Gasteiger partial charge in [-0.3, -0.25) is 9.69 Å². The Balaban J connectivity index is 1.26.